The van der Waals surface area contributed by atoms with Crippen LogP contribution in [0.5, 0.6) is 11.5 Å². The Morgan fingerprint density at radius 2 is 2.11 bits per heavy atom. The van der Waals surface area contributed by atoms with Gasteiger partial charge in [0.2, 0.25) is 0 Å². The highest BCUT2D eigenvalue weighted by Crippen LogP contribution is 2.29. The summed E-state index contributed by atoms with van der Waals surface area (Å²) in [6, 6.07) is 5.71. The molecule has 1 N–H and O–H groups in total. The molecular weight excluding hydrogens is 242 g/mol. The molecule has 0 spiro atoms. The van der Waals surface area contributed by atoms with E-state index in [1.807, 2.05) is 35.3 Å². The lowest BCUT2D eigenvalue weighted by molar-refractivity contribution is 0.395. The van der Waals surface area contributed by atoms with Gasteiger partial charge in [-0.05, 0) is 19.1 Å². The molecule has 1 heterocycles. The van der Waals surface area contributed by atoms with E-state index in [-0.39, 0.29) is 0 Å². The number of benzene rings is 1. The molecule has 102 valence electrons. The fraction of sp³-hybridized carbons (Fsp3) is 0.357. The average molecular weight is 261 g/mol. The van der Waals surface area contributed by atoms with Crippen LogP contribution in [0.2, 0.25) is 0 Å². The van der Waals surface area contributed by atoms with Crippen molar-refractivity contribution in [2.75, 3.05) is 19.5 Å². The molecule has 0 aliphatic rings. The third-order valence-electron chi connectivity index (χ3n) is 2.90. The van der Waals surface area contributed by atoms with Crippen LogP contribution < -0.4 is 14.8 Å². The van der Waals surface area contributed by atoms with Crippen molar-refractivity contribution in [1.29, 1.82) is 0 Å². The number of nitrogens with zero attached hydrogens (tertiary/aromatic N) is 2. The van der Waals surface area contributed by atoms with E-state index in [0.717, 1.165) is 29.3 Å². The van der Waals surface area contributed by atoms with Crippen molar-refractivity contribution in [3.05, 3.63) is 36.2 Å². The van der Waals surface area contributed by atoms with Gasteiger partial charge in [0.1, 0.15) is 11.5 Å². The molecule has 0 amide bonds. The van der Waals surface area contributed by atoms with E-state index in [1.165, 1.54) is 0 Å². The predicted octanol–water partition coefficient (Wildman–Crippen LogP) is 2.53. The predicted molar refractivity (Wildman–Crippen MR) is 74.8 cm³/mol. The van der Waals surface area contributed by atoms with Crippen molar-refractivity contribution in [3.8, 4) is 11.5 Å². The Hall–Kier alpha value is -2.17. The smallest absolute Gasteiger partial charge is 0.145 e. The van der Waals surface area contributed by atoms with Crippen molar-refractivity contribution < 1.29 is 9.47 Å². The molecule has 2 aromatic rings. The number of ether oxygens (including phenoxy) is 2. The van der Waals surface area contributed by atoms with Gasteiger partial charge in [-0.2, -0.15) is 5.10 Å². The van der Waals surface area contributed by atoms with Crippen LogP contribution in [-0.4, -0.2) is 24.0 Å². The zero-order valence-electron chi connectivity index (χ0n) is 11.5. The molecule has 0 saturated carbocycles. The van der Waals surface area contributed by atoms with E-state index >= 15 is 0 Å². The topological polar surface area (TPSA) is 48.3 Å². The first-order chi connectivity index (χ1) is 9.26. The Morgan fingerprint density at radius 1 is 1.26 bits per heavy atom. The van der Waals surface area contributed by atoms with Crippen LogP contribution in [0.15, 0.2) is 30.6 Å². The number of anilines is 1. The van der Waals surface area contributed by atoms with Crippen molar-refractivity contribution in [1.82, 2.24) is 9.78 Å². The summed E-state index contributed by atoms with van der Waals surface area (Å²) < 4.78 is 12.4. The number of hydrogen-bond acceptors (Lipinski definition) is 4. The molecule has 5 heteroatoms. The standard InChI is InChI=1S/C14H19N3O2/c1-4-17-10-11(9-16-17)8-15-13-6-5-12(18-2)7-14(13)19-3/h5-7,9-10,15H,4,8H2,1-3H3. The Balaban J connectivity index is 2.06. The zero-order valence-corrected chi connectivity index (χ0v) is 11.5. The molecule has 0 unspecified atom stereocenters. The summed E-state index contributed by atoms with van der Waals surface area (Å²) in [4.78, 5) is 0. The second-order valence-corrected chi connectivity index (χ2v) is 4.12. The molecule has 2 rings (SSSR count). The molecule has 0 saturated heterocycles. The van der Waals surface area contributed by atoms with Gasteiger partial charge >= 0.3 is 0 Å². The SMILES string of the molecule is CCn1cc(CNc2ccc(OC)cc2OC)cn1. The third-order valence-corrected chi connectivity index (χ3v) is 2.90. The van der Waals surface area contributed by atoms with E-state index in [2.05, 4.69) is 17.3 Å². The summed E-state index contributed by atoms with van der Waals surface area (Å²) in [5.74, 6) is 1.54. The molecule has 19 heavy (non-hydrogen) atoms. The van der Waals surface area contributed by atoms with Crippen molar-refractivity contribution in [2.45, 2.75) is 20.0 Å². The summed E-state index contributed by atoms with van der Waals surface area (Å²) in [5, 5.41) is 7.58. The van der Waals surface area contributed by atoms with Gasteiger partial charge in [0, 0.05) is 30.9 Å². The normalized spacial score (nSPS) is 10.3. The van der Waals surface area contributed by atoms with Gasteiger partial charge in [-0.25, -0.2) is 0 Å². The fourth-order valence-corrected chi connectivity index (χ4v) is 1.81. The van der Waals surface area contributed by atoms with Crippen LogP contribution in [0, 0.1) is 0 Å². The maximum atomic E-state index is 5.34. The lowest BCUT2D eigenvalue weighted by Crippen LogP contribution is -2.01. The highest BCUT2D eigenvalue weighted by atomic mass is 16.5. The molecule has 0 bridgehead atoms. The van der Waals surface area contributed by atoms with Crippen LogP contribution in [0.25, 0.3) is 0 Å². The van der Waals surface area contributed by atoms with Gasteiger partial charge in [0.15, 0.2) is 0 Å². The number of nitrogens with one attached hydrogen (secondary N) is 1. The van der Waals surface area contributed by atoms with E-state index in [4.69, 9.17) is 9.47 Å². The van der Waals surface area contributed by atoms with Crippen LogP contribution in [0.3, 0.4) is 0 Å². The monoisotopic (exact) mass is 261 g/mol. The summed E-state index contributed by atoms with van der Waals surface area (Å²) >= 11 is 0. The number of rotatable bonds is 6. The molecule has 0 aliphatic carbocycles. The molecular formula is C14H19N3O2. The molecule has 1 aromatic carbocycles. The number of methoxy groups -OCH3 is 2. The van der Waals surface area contributed by atoms with Gasteiger partial charge in [0.25, 0.3) is 0 Å². The van der Waals surface area contributed by atoms with Crippen molar-refractivity contribution >= 4 is 5.69 Å². The number of aryl methyl sites for hydroxylation is 1. The van der Waals surface area contributed by atoms with Crippen molar-refractivity contribution in [2.24, 2.45) is 0 Å². The van der Waals surface area contributed by atoms with E-state index in [1.54, 1.807) is 14.2 Å². The average Bonchev–Trinajstić information content (AvgIpc) is 2.92. The van der Waals surface area contributed by atoms with E-state index in [0.29, 0.717) is 6.54 Å². The van der Waals surface area contributed by atoms with E-state index < -0.39 is 0 Å². The lowest BCUT2D eigenvalue weighted by atomic mass is 10.2. The van der Waals surface area contributed by atoms with Crippen LogP contribution in [0.1, 0.15) is 12.5 Å². The maximum absolute atomic E-state index is 5.34. The molecule has 0 atom stereocenters. The molecule has 0 fully saturated rings. The van der Waals surface area contributed by atoms with E-state index in [9.17, 15) is 0 Å². The van der Waals surface area contributed by atoms with Crippen molar-refractivity contribution in [3.63, 3.8) is 0 Å². The lowest BCUT2D eigenvalue weighted by Gasteiger charge is -2.11. The van der Waals surface area contributed by atoms with Gasteiger partial charge in [-0.3, -0.25) is 4.68 Å². The largest absolute Gasteiger partial charge is 0.497 e. The molecule has 0 aliphatic heterocycles. The molecule has 5 nitrogen and oxygen atoms in total. The fourth-order valence-electron chi connectivity index (χ4n) is 1.81. The molecule has 0 radical (unpaired) electrons. The Morgan fingerprint density at radius 3 is 2.74 bits per heavy atom. The minimum Gasteiger partial charge on any atom is -0.497 e. The van der Waals surface area contributed by atoms with Crippen LogP contribution in [-0.2, 0) is 13.1 Å². The van der Waals surface area contributed by atoms with Crippen LogP contribution >= 0.6 is 0 Å². The first-order valence-corrected chi connectivity index (χ1v) is 6.24. The highest BCUT2D eigenvalue weighted by molar-refractivity contribution is 5.59. The minimum absolute atomic E-state index is 0.711. The Bertz CT molecular complexity index is 537. The van der Waals surface area contributed by atoms with Gasteiger partial charge in [0.05, 0.1) is 26.1 Å². The van der Waals surface area contributed by atoms with Gasteiger partial charge in [-0.1, -0.05) is 0 Å². The summed E-state index contributed by atoms with van der Waals surface area (Å²) in [6.07, 6.45) is 3.90. The van der Waals surface area contributed by atoms with Gasteiger partial charge in [-0.15, -0.1) is 0 Å². The first-order valence-electron chi connectivity index (χ1n) is 6.24. The quantitative estimate of drug-likeness (QED) is 0.868. The first kappa shape index (κ1) is 13.3. The maximum Gasteiger partial charge on any atom is 0.145 e. The second kappa shape index (κ2) is 6.13. The zero-order chi connectivity index (χ0) is 13.7. The number of aromatic nitrogens is 2. The minimum atomic E-state index is 0.711. The Labute approximate surface area is 113 Å². The summed E-state index contributed by atoms with van der Waals surface area (Å²) in [6.45, 7) is 3.66. The summed E-state index contributed by atoms with van der Waals surface area (Å²) in [7, 11) is 3.29. The molecule has 1 aromatic heterocycles. The van der Waals surface area contributed by atoms with Gasteiger partial charge < -0.3 is 14.8 Å². The van der Waals surface area contributed by atoms with Crippen LogP contribution in [0.4, 0.5) is 5.69 Å². The Kier molecular flexibility index (Phi) is 4.28. The summed E-state index contributed by atoms with van der Waals surface area (Å²) in [5.41, 5.74) is 2.08. The second-order valence-electron chi connectivity index (χ2n) is 4.12. The highest BCUT2D eigenvalue weighted by Gasteiger charge is 2.05. The number of hydrogen-bond donors (Lipinski definition) is 1. The third kappa shape index (κ3) is 3.19.